The highest BCUT2D eigenvalue weighted by atomic mass is 19.3. The lowest BCUT2D eigenvalue weighted by Crippen LogP contribution is -2.29. The summed E-state index contributed by atoms with van der Waals surface area (Å²) in [6.45, 7) is 1.36. The minimum atomic E-state index is -3.69. The van der Waals surface area contributed by atoms with E-state index in [0.717, 1.165) is 6.07 Å². The molecule has 0 fully saturated rings. The Hall–Kier alpha value is -1.65. The molecule has 0 atom stereocenters. The van der Waals surface area contributed by atoms with Gasteiger partial charge in [0.2, 0.25) is 0 Å². The molecule has 0 bridgehead atoms. The van der Waals surface area contributed by atoms with Crippen molar-refractivity contribution in [2.75, 3.05) is 12.3 Å². The average Bonchev–Trinajstić information content (AvgIpc) is 2.18. The standard InChI is InChI=1S/C10H11F2NO2/c1-2-15-9(14)10(11,12)7-5-3-4-6-8(7)13/h3-6H,2,13H2,1H3. The van der Waals surface area contributed by atoms with Crippen LogP contribution in [0.5, 0.6) is 0 Å². The second-order valence-corrected chi connectivity index (χ2v) is 2.88. The normalized spacial score (nSPS) is 11.1. The van der Waals surface area contributed by atoms with Crippen molar-refractivity contribution in [3.63, 3.8) is 0 Å². The molecule has 0 aromatic heterocycles. The van der Waals surface area contributed by atoms with E-state index in [4.69, 9.17) is 5.73 Å². The first-order valence-electron chi connectivity index (χ1n) is 4.40. The highest BCUT2D eigenvalue weighted by molar-refractivity contribution is 5.81. The van der Waals surface area contributed by atoms with E-state index in [0.29, 0.717) is 0 Å². The molecule has 2 N–H and O–H groups in total. The Labute approximate surface area is 85.8 Å². The number of hydrogen-bond acceptors (Lipinski definition) is 3. The van der Waals surface area contributed by atoms with Crippen molar-refractivity contribution in [1.82, 2.24) is 0 Å². The summed E-state index contributed by atoms with van der Waals surface area (Å²) in [7, 11) is 0. The Kier molecular flexibility index (Phi) is 3.24. The van der Waals surface area contributed by atoms with Crippen LogP contribution in [0.15, 0.2) is 24.3 Å². The number of rotatable bonds is 3. The Bertz CT molecular complexity index is 366. The quantitative estimate of drug-likeness (QED) is 0.619. The molecule has 0 radical (unpaired) electrons. The number of hydrogen-bond donors (Lipinski definition) is 1. The van der Waals surface area contributed by atoms with Crippen molar-refractivity contribution in [3.8, 4) is 0 Å². The highest BCUT2D eigenvalue weighted by Gasteiger charge is 2.43. The molecule has 0 heterocycles. The molecule has 82 valence electrons. The van der Waals surface area contributed by atoms with Crippen LogP contribution in [-0.4, -0.2) is 12.6 Å². The van der Waals surface area contributed by atoms with Gasteiger partial charge in [0.25, 0.3) is 0 Å². The zero-order valence-electron chi connectivity index (χ0n) is 8.17. The maximum absolute atomic E-state index is 13.4. The zero-order valence-corrected chi connectivity index (χ0v) is 8.17. The fraction of sp³-hybridized carbons (Fsp3) is 0.300. The number of carbonyl (C=O) groups excluding carboxylic acids is 1. The molecule has 0 aliphatic carbocycles. The molecule has 3 nitrogen and oxygen atoms in total. The van der Waals surface area contributed by atoms with Crippen LogP contribution in [-0.2, 0) is 15.5 Å². The summed E-state index contributed by atoms with van der Waals surface area (Å²) in [5, 5.41) is 0. The number of benzene rings is 1. The fourth-order valence-electron chi connectivity index (χ4n) is 1.11. The number of anilines is 1. The van der Waals surface area contributed by atoms with E-state index in [2.05, 4.69) is 4.74 Å². The molecule has 0 aliphatic heterocycles. The van der Waals surface area contributed by atoms with Crippen LogP contribution >= 0.6 is 0 Å². The molecule has 5 heteroatoms. The highest BCUT2D eigenvalue weighted by Crippen LogP contribution is 2.33. The predicted octanol–water partition coefficient (Wildman–Crippen LogP) is 1.92. The molecular weight excluding hydrogens is 204 g/mol. The number of ether oxygens (including phenoxy) is 1. The first kappa shape index (κ1) is 11.4. The smallest absolute Gasteiger partial charge is 0.382 e. The fourth-order valence-corrected chi connectivity index (χ4v) is 1.11. The summed E-state index contributed by atoms with van der Waals surface area (Å²) >= 11 is 0. The van der Waals surface area contributed by atoms with Gasteiger partial charge in [-0.05, 0) is 13.0 Å². The lowest BCUT2D eigenvalue weighted by Gasteiger charge is -2.16. The van der Waals surface area contributed by atoms with E-state index in [-0.39, 0.29) is 12.3 Å². The molecule has 0 aliphatic rings. The van der Waals surface area contributed by atoms with Gasteiger partial charge in [0.1, 0.15) is 0 Å². The Balaban J connectivity index is 3.05. The van der Waals surface area contributed by atoms with Crippen LogP contribution < -0.4 is 5.73 Å². The third-order valence-electron chi connectivity index (χ3n) is 1.83. The van der Waals surface area contributed by atoms with Crippen molar-refractivity contribution >= 4 is 11.7 Å². The van der Waals surface area contributed by atoms with Crippen LogP contribution in [0, 0.1) is 0 Å². The number of nitrogens with two attached hydrogens (primary N) is 1. The van der Waals surface area contributed by atoms with Gasteiger partial charge in [-0.2, -0.15) is 8.78 Å². The molecule has 0 spiro atoms. The third kappa shape index (κ3) is 2.23. The molecule has 0 saturated carbocycles. The first-order valence-corrected chi connectivity index (χ1v) is 4.40. The molecule has 1 rings (SSSR count). The number of nitrogen functional groups attached to an aromatic ring is 1. The second-order valence-electron chi connectivity index (χ2n) is 2.88. The largest absolute Gasteiger partial charge is 0.461 e. The molecule has 0 saturated heterocycles. The van der Waals surface area contributed by atoms with Crippen molar-refractivity contribution in [2.45, 2.75) is 12.8 Å². The SMILES string of the molecule is CCOC(=O)C(F)(F)c1ccccc1N. The number of para-hydroxylation sites is 1. The summed E-state index contributed by atoms with van der Waals surface area (Å²) in [6.07, 6.45) is 0. The van der Waals surface area contributed by atoms with Gasteiger partial charge in [-0.1, -0.05) is 18.2 Å². The molecule has 1 aromatic rings. The maximum atomic E-state index is 13.4. The summed E-state index contributed by atoms with van der Waals surface area (Å²) in [6, 6.07) is 5.31. The van der Waals surface area contributed by atoms with Gasteiger partial charge in [-0.3, -0.25) is 0 Å². The van der Waals surface area contributed by atoms with E-state index in [1.54, 1.807) is 0 Å². The molecule has 1 aromatic carbocycles. The summed E-state index contributed by atoms with van der Waals surface area (Å²) in [5.74, 6) is -5.27. The lowest BCUT2D eigenvalue weighted by atomic mass is 10.1. The molecule has 0 unspecified atom stereocenters. The number of halogens is 2. The van der Waals surface area contributed by atoms with Crippen molar-refractivity contribution in [2.24, 2.45) is 0 Å². The van der Waals surface area contributed by atoms with E-state index in [1.807, 2.05) is 0 Å². The number of esters is 1. The van der Waals surface area contributed by atoms with Crippen LogP contribution in [0.3, 0.4) is 0 Å². The minimum Gasteiger partial charge on any atom is -0.461 e. The van der Waals surface area contributed by atoms with Gasteiger partial charge >= 0.3 is 11.9 Å². The van der Waals surface area contributed by atoms with Gasteiger partial charge in [0, 0.05) is 5.69 Å². The number of carbonyl (C=O) groups is 1. The molecule has 0 amide bonds. The maximum Gasteiger partial charge on any atom is 0.382 e. The van der Waals surface area contributed by atoms with Gasteiger partial charge in [-0.25, -0.2) is 4.79 Å². The summed E-state index contributed by atoms with van der Waals surface area (Å²) in [5.41, 5.74) is 4.70. The Morgan fingerprint density at radius 2 is 2.07 bits per heavy atom. The summed E-state index contributed by atoms with van der Waals surface area (Å²) < 4.78 is 31.2. The topological polar surface area (TPSA) is 52.3 Å². The minimum absolute atomic E-state index is 0.0961. The second kappa shape index (κ2) is 4.25. The van der Waals surface area contributed by atoms with Crippen LogP contribution in [0.4, 0.5) is 14.5 Å². The van der Waals surface area contributed by atoms with E-state index in [9.17, 15) is 13.6 Å². The Morgan fingerprint density at radius 3 is 2.60 bits per heavy atom. The monoisotopic (exact) mass is 215 g/mol. The number of alkyl halides is 2. The van der Waals surface area contributed by atoms with Crippen LogP contribution in [0.25, 0.3) is 0 Å². The third-order valence-corrected chi connectivity index (χ3v) is 1.83. The van der Waals surface area contributed by atoms with Crippen LogP contribution in [0.2, 0.25) is 0 Å². The van der Waals surface area contributed by atoms with E-state index < -0.39 is 17.5 Å². The van der Waals surface area contributed by atoms with Crippen molar-refractivity contribution < 1.29 is 18.3 Å². The van der Waals surface area contributed by atoms with Gasteiger partial charge in [-0.15, -0.1) is 0 Å². The Morgan fingerprint density at radius 1 is 1.47 bits per heavy atom. The van der Waals surface area contributed by atoms with E-state index >= 15 is 0 Å². The zero-order chi connectivity index (χ0) is 11.5. The average molecular weight is 215 g/mol. The first-order chi connectivity index (χ1) is 7.00. The molecular formula is C10H11F2NO2. The van der Waals surface area contributed by atoms with E-state index in [1.165, 1.54) is 25.1 Å². The molecule has 15 heavy (non-hydrogen) atoms. The predicted molar refractivity (Wildman–Crippen MR) is 51.4 cm³/mol. The summed E-state index contributed by atoms with van der Waals surface area (Å²) in [4.78, 5) is 11.0. The van der Waals surface area contributed by atoms with Gasteiger partial charge < -0.3 is 10.5 Å². The van der Waals surface area contributed by atoms with Crippen molar-refractivity contribution in [1.29, 1.82) is 0 Å². The van der Waals surface area contributed by atoms with Gasteiger partial charge in [0.15, 0.2) is 0 Å². The van der Waals surface area contributed by atoms with Crippen LogP contribution in [0.1, 0.15) is 12.5 Å². The lowest BCUT2D eigenvalue weighted by molar-refractivity contribution is -0.173. The van der Waals surface area contributed by atoms with Crippen molar-refractivity contribution in [3.05, 3.63) is 29.8 Å². The van der Waals surface area contributed by atoms with Gasteiger partial charge in [0.05, 0.1) is 12.2 Å².